The molecule has 4 rings (SSSR count). The number of fused-ring (bicyclic) bond motifs is 1. The molecule has 2 heterocycles. The second kappa shape index (κ2) is 6.34. The highest BCUT2D eigenvalue weighted by molar-refractivity contribution is 5.77. The van der Waals surface area contributed by atoms with Gasteiger partial charge < -0.3 is 9.30 Å². The third kappa shape index (κ3) is 3.26. The molecule has 0 atom stereocenters. The highest BCUT2D eigenvalue weighted by Crippen LogP contribution is 2.32. The van der Waals surface area contributed by atoms with Crippen LogP contribution in [0.25, 0.3) is 5.65 Å². The van der Waals surface area contributed by atoms with Crippen molar-refractivity contribution in [1.82, 2.24) is 14.3 Å². The molecule has 122 valence electrons. The highest BCUT2D eigenvalue weighted by atomic mass is 16.2. The van der Waals surface area contributed by atoms with E-state index in [4.69, 9.17) is 0 Å². The number of carbonyl (C=O) groups is 1. The van der Waals surface area contributed by atoms with Gasteiger partial charge in [0.1, 0.15) is 5.65 Å². The van der Waals surface area contributed by atoms with Crippen LogP contribution in [0.15, 0.2) is 30.6 Å². The molecule has 0 saturated heterocycles. The topological polar surface area (TPSA) is 37.6 Å². The first-order valence-corrected chi connectivity index (χ1v) is 9.02. The second-order valence-corrected chi connectivity index (χ2v) is 7.14. The molecule has 0 aliphatic heterocycles. The van der Waals surface area contributed by atoms with Gasteiger partial charge in [-0.15, -0.1) is 0 Å². The fraction of sp³-hybridized carbons (Fsp3) is 0.579. The van der Waals surface area contributed by atoms with E-state index in [1.165, 1.54) is 32.1 Å². The van der Waals surface area contributed by atoms with Crippen molar-refractivity contribution in [3.63, 3.8) is 0 Å². The zero-order chi connectivity index (χ0) is 15.6. The molecule has 2 aliphatic carbocycles. The van der Waals surface area contributed by atoms with E-state index in [0.29, 0.717) is 24.4 Å². The van der Waals surface area contributed by atoms with Crippen LogP contribution in [0.3, 0.4) is 0 Å². The Hall–Kier alpha value is -1.84. The molecule has 0 N–H and O–H groups in total. The normalized spacial score (nSPS) is 19.1. The molecule has 2 fully saturated rings. The van der Waals surface area contributed by atoms with Crippen LogP contribution < -0.4 is 0 Å². The van der Waals surface area contributed by atoms with Crippen molar-refractivity contribution in [2.75, 3.05) is 0 Å². The van der Waals surface area contributed by atoms with Gasteiger partial charge in [-0.2, -0.15) is 0 Å². The lowest BCUT2D eigenvalue weighted by Crippen LogP contribution is -2.34. The van der Waals surface area contributed by atoms with Crippen molar-refractivity contribution in [2.45, 2.75) is 64.0 Å². The number of hydrogen-bond acceptors (Lipinski definition) is 2. The summed E-state index contributed by atoms with van der Waals surface area (Å²) in [6.45, 7) is 0.696. The molecule has 0 spiro atoms. The molecule has 0 unspecified atom stereocenters. The molecule has 1 amide bonds. The number of imidazole rings is 1. The first kappa shape index (κ1) is 14.7. The van der Waals surface area contributed by atoms with Gasteiger partial charge in [-0.1, -0.05) is 25.3 Å². The van der Waals surface area contributed by atoms with Crippen LogP contribution >= 0.6 is 0 Å². The highest BCUT2D eigenvalue weighted by Gasteiger charge is 2.34. The van der Waals surface area contributed by atoms with E-state index in [1.54, 1.807) is 0 Å². The zero-order valence-electron chi connectivity index (χ0n) is 13.7. The first-order chi connectivity index (χ1) is 11.3. The van der Waals surface area contributed by atoms with Crippen molar-refractivity contribution in [2.24, 2.45) is 5.92 Å². The molecule has 4 nitrogen and oxygen atoms in total. The van der Waals surface area contributed by atoms with Crippen LogP contribution in [-0.2, 0) is 11.3 Å². The third-order valence-corrected chi connectivity index (χ3v) is 5.32. The minimum atomic E-state index is 0.352. The zero-order valence-corrected chi connectivity index (χ0v) is 13.7. The number of aromatic nitrogens is 2. The summed E-state index contributed by atoms with van der Waals surface area (Å²) in [6, 6.07) is 6.48. The van der Waals surface area contributed by atoms with E-state index < -0.39 is 0 Å². The lowest BCUT2D eigenvalue weighted by Gasteiger charge is -2.27. The van der Waals surface area contributed by atoms with E-state index in [-0.39, 0.29) is 0 Å². The lowest BCUT2D eigenvalue weighted by molar-refractivity contribution is -0.133. The van der Waals surface area contributed by atoms with E-state index in [0.717, 1.165) is 30.6 Å². The van der Waals surface area contributed by atoms with Crippen molar-refractivity contribution in [3.8, 4) is 0 Å². The molecule has 0 aromatic carbocycles. The largest absolute Gasteiger partial charge is 0.334 e. The second-order valence-electron chi connectivity index (χ2n) is 7.14. The molecule has 2 aliphatic rings. The monoisotopic (exact) mass is 311 g/mol. The van der Waals surface area contributed by atoms with Crippen molar-refractivity contribution in [1.29, 1.82) is 0 Å². The Labute approximate surface area is 137 Å². The fourth-order valence-electron chi connectivity index (χ4n) is 3.84. The summed E-state index contributed by atoms with van der Waals surface area (Å²) in [5.74, 6) is 0.963. The summed E-state index contributed by atoms with van der Waals surface area (Å²) in [4.78, 5) is 19.4. The Balaban J connectivity index is 1.48. The number of rotatable bonds is 5. The third-order valence-electron chi connectivity index (χ3n) is 5.32. The Kier molecular flexibility index (Phi) is 4.06. The number of amides is 1. The minimum Gasteiger partial charge on any atom is -0.334 e. The standard InChI is InChI=1S/C19H25N3O/c23-19(12-15-6-2-1-3-7-15)22(16-9-10-16)14-17-13-20-18-8-4-5-11-21(17)18/h4-5,8,11,13,15-16H,1-3,6-7,9-10,12,14H2. The summed E-state index contributed by atoms with van der Waals surface area (Å²) in [5, 5.41) is 0. The summed E-state index contributed by atoms with van der Waals surface area (Å²) < 4.78 is 2.10. The summed E-state index contributed by atoms with van der Waals surface area (Å²) >= 11 is 0. The predicted octanol–water partition coefficient (Wildman–Crippen LogP) is 3.80. The average Bonchev–Trinajstić information content (AvgIpc) is 3.34. The van der Waals surface area contributed by atoms with E-state index in [9.17, 15) is 4.79 Å². The number of pyridine rings is 1. The molecule has 23 heavy (non-hydrogen) atoms. The Bertz CT molecular complexity index is 683. The Morgan fingerprint density at radius 3 is 2.78 bits per heavy atom. The predicted molar refractivity (Wildman–Crippen MR) is 90.0 cm³/mol. The quantitative estimate of drug-likeness (QED) is 0.842. The fourth-order valence-corrected chi connectivity index (χ4v) is 3.84. The molecule has 2 aromatic heterocycles. The van der Waals surface area contributed by atoms with Crippen LogP contribution in [0, 0.1) is 5.92 Å². The van der Waals surface area contributed by atoms with Gasteiger partial charge in [0.05, 0.1) is 18.4 Å². The van der Waals surface area contributed by atoms with Crippen LogP contribution in [0.1, 0.15) is 57.1 Å². The summed E-state index contributed by atoms with van der Waals surface area (Å²) in [6.07, 6.45) is 13.4. The Morgan fingerprint density at radius 2 is 2.00 bits per heavy atom. The van der Waals surface area contributed by atoms with Crippen LogP contribution in [0.2, 0.25) is 0 Å². The van der Waals surface area contributed by atoms with Crippen molar-refractivity contribution in [3.05, 3.63) is 36.3 Å². The van der Waals surface area contributed by atoms with Crippen molar-refractivity contribution < 1.29 is 4.79 Å². The van der Waals surface area contributed by atoms with Gasteiger partial charge in [0.15, 0.2) is 0 Å². The Morgan fingerprint density at radius 1 is 1.17 bits per heavy atom. The van der Waals surface area contributed by atoms with E-state index in [1.807, 2.05) is 30.6 Å². The number of carbonyl (C=O) groups excluding carboxylic acids is 1. The molecule has 0 radical (unpaired) electrons. The van der Waals surface area contributed by atoms with Gasteiger partial charge in [0.25, 0.3) is 0 Å². The molecule has 0 bridgehead atoms. The van der Waals surface area contributed by atoms with Crippen LogP contribution in [-0.4, -0.2) is 26.2 Å². The van der Waals surface area contributed by atoms with Gasteiger partial charge in [-0.05, 0) is 43.7 Å². The van der Waals surface area contributed by atoms with Crippen LogP contribution in [0.4, 0.5) is 0 Å². The lowest BCUT2D eigenvalue weighted by atomic mass is 9.86. The average molecular weight is 311 g/mol. The number of nitrogens with zero attached hydrogens (tertiary/aromatic N) is 3. The molecule has 2 aromatic rings. The number of hydrogen-bond donors (Lipinski definition) is 0. The van der Waals surface area contributed by atoms with Gasteiger partial charge in [0, 0.05) is 18.7 Å². The summed E-state index contributed by atoms with van der Waals surface area (Å²) in [5.41, 5.74) is 2.07. The van der Waals surface area contributed by atoms with Gasteiger partial charge in [-0.3, -0.25) is 4.79 Å². The van der Waals surface area contributed by atoms with E-state index >= 15 is 0 Å². The molecule has 4 heteroatoms. The molecular formula is C19H25N3O. The molecular weight excluding hydrogens is 286 g/mol. The first-order valence-electron chi connectivity index (χ1n) is 9.02. The minimum absolute atomic E-state index is 0.352. The smallest absolute Gasteiger partial charge is 0.223 e. The maximum absolute atomic E-state index is 12.9. The maximum atomic E-state index is 12.9. The van der Waals surface area contributed by atoms with Gasteiger partial charge in [-0.25, -0.2) is 4.98 Å². The van der Waals surface area contributed by atoms with Gasteiger partial charge >= 0.3 is 0 Å². The van der Waals surface area contributed by atoms with E-state index in [2.05, 4.69) is 14.3 Å². The van der Waals surface area contributed by atoms with Crippen LogP contribution in [0.5, 0.6) is 0 Å². The molecule has 2 saturated carbocycles. The summed E-state index contributed by atoms with van der Waals surface area (Å²) in [7, 11) is 0. The maximum Gasteiger partial charge on any atom is 0.223 e. The SMILES string of the molecule is O=C(CC1CCCCC1)N(Cc1cnc2ccccn12)C1CC1. The van der Waals surface area contributed by atoms with Crippen molar-refractivity contribution >= 4 is 11.6 Å². The van der Waals surface area contributed by atoms with Gasteiger partial charge in [0.2, 0.25) is 5.91 Å².